The first-order valence-electron chi connectivity index (χ1n) is 3.52. The van der Waals surface area contributed by atoms with Crippen molar-refractivity contribution in [2.75, 3.05) is 27.7 Å². The van der Waals surface area contributed by atoms with Gasteiger partial charge in [0, 0.05) is 13.5 Å². The van der Waals surface area contributed by atoms with E-state index in [-0.39, 0.29) is 5.91 Å². The van der Waals surface area contributed by atoms with Crippen LogP contribution in [0.3, 0.4) is 0 Å². The highest BCUT2D eigenvalue weighted by molar-refractivity contribution is 5.75. The highest BCUT2D eigenvalue weighted by Crippen LogP contribution is 1.89. The maximum absolute atomic E-state index is 10.7. The Morgan fingerprint density at radius 2 is 2.10 bits per heavy atom. The lowest BCUT2D eigenvalue weighted by Crippen LogP contribution is -2.20. The Morgan fingerprint density at radius 3 is 2.50 bits per heavy atom. The minimum Gasteiger partial charge on any atom is -0.359 e. The molecule has 1 N–H and O–H groups in total. The standard InChI is InChI=1S/C7H16N2O/c1-8-7(10)5-4-6-9(2)3/h4-6H2,1-3H3,(H,8,10). The van der Waals surface area contributed by atoms with Crippen LogP contribution in [0.1, 0.15) is 12.8 Å². The lowest BCUT2D eigenvalue weighted by molar-refractivity contribution is -0.120. The molecule has 0 atom stereocenters. The first-order chi connectivity index (χ1) is 4.66. The Balaban J connectivity index is 3.12. The van der Waals surface area contributed by atoms with Crippen LogP contribution in [0, 0.1) is 0 Å². The summed E-state index contributed by atoms with van der Waals surface area (Å²) in [6.45, 7) is 0.980. The molecule has 0 radical (unpaired) electrons. The van der Waals surface area contributed by atoms with Gasteiger partial charge in [0.2, 0.25) is 5.91 Å². The fourth-order valence-electron chi connectivity index (χ4n) is 0.681. The van der Waals surface area contributed by atoms with Crippen molar-refractivity contribution in [2.45, 2.75) is 12.8 Å². The van der Waals surface area contributed by atoms with Gasteiger partial charge in [0.1, 0.15) is 0 Å². The molecule has 0 aliphatic rings. The number of nitrogens with one attached hydrogen (secondary N) is 1. The van der Waals surface area contributed by atoms with Gasteiger partial charge in [0.15, 0.2) is 0 Å². The third-order valence-electron chi connectivity index (χ3n) is 1.29. The van der Waals surface area contributed by atoms with Crippen LogP contribution in [0.2, 0.25) is 0 Å². The molecule has 0 rings (SSSR count). The molecule has 0 aromatic rings. The second-order valence-electron chi connectivity index (χ2n) is 2.58. The van der Waals surface area contributed by atoms with E-state index in [4.69, 9.17) is 0 Å². The van der Waals surface area contributed by atoms with Gasteiger partial charge < -0.3 is 10.2 Å². The van der Waals surface area contributed by atoms with E-state index in [0.717, 1.165) is 13.0 Å². The van der Waals surface area contributed by atoms with Gasteiger partial charge in [-0.2, -0.15) is 0 Å². The molecule has 3 nitrogen and oxygen atoms in total. The molecule has 0 bridgehead atoms. The van der Waals surface area contributed by atoms with Crippen molar-refractivity contribution in [2.24, 2.45) is 0 Å². The lowest BCUT2D eigenvalue weighted by atomic mass is 10.3. The summed E-state index contributed by atoms with van der Waals surface area (Å²) in [5, 5.41) is 2.58. The van der Waals surface area contributed by atoms with E-state index >= 15 is 0 Å². The minimum atomic E-state index is 0.127. The predicted molar refractivity (Wildman–Crippen MR) is 41.9 cm³/mol. The first kappa shape index (κ1) is 9.43. The Hall–Kier alpha value is -0.570. The molecule has 0 fully saturated rings. The summed E-state index contributed by atoms with van der Waals surface area (Å²) in [5.41, 5.74) is 0. The van der Waals surface area contributed by atoms with Gasteiger partial charge in [-0.15, -0.1) is 0 Å². The fourth-order valence-corrected chi connectivity index (χ4v) is 0.681. The summed E-state index contributed by atoms with van der Waals surface area (Å²) >= 11 is 0. The van der Waals surface area contributed by atoms with Crippen molar-refractivity contribution in [1.82, 2.24) is 10.2 Å². The average Bonchev–Trinajstić information content (AvgIpc) is 1.87. The SMILES string of the molecule is CNC(=O)CCCN(C)C. The summed E-state index contributed by atoms with van der Waals surface area (Å²) < 4.78 is 0. The van der Waals surface area contributed by atoms with Gasteiger partial charge in [0.25, 0.3) is 0 Å². The summed E-state index contributed by atoms with van der Waals surface area (Å²) in [5.74, 6) is 0.127. The van der Waals surface area contributed by atoms with Crippen LogP contribution in [0.25, 0.3) is 0 Å². The zero-order chi connectivity index (χ0) is 7.98. The summed E-state index contributed by atoms with van der Waals surface area (Å²) in [6.07, 6.45) is 1.57. The van der Waals surface area contributed by atoms with Gasteiger partial charge >= 0.3 is 0 Å². The zero-order valence-electron chi connectivity index (χ0n) is 6.98. The van der Waals surface area contributed by atoms with Gasteiger partial charge in [-0.1, -0.05) is 0 Å². The summed E-state index contributed by atoms with van der Waals surface area (Å²) in [6, 6.07) is 0. The number of carbonyl (C=O) groups excluding carboxylic acids is 1. The van der Waals surface area contributed by atoms with Crippen LogP contribution < -0.4 is 5.32 Å². The van der Waals surface area contributed by atoms with Crippen molar-refractivity contribution >= 4 is 5.91 Å². The second kappa shape index (κ2) is 5.23. The van der Waals surface area contributed by atoms with Crippen LogP contribution in [0.4, 0.5) is 0 Å². The molecule has 60 valence electrons. The predicted octanol–water partition coefficient (Wildman–Crippen LogP) is 0.0742. The lowest BCUT2D eigenvalue weighted by Gasteiger charge is -2.07. The second-order valence-corrected chi connectivity index (χ2v) is 2.58. The van der Waals surface area contributed by atoms with E-state index in [9.17, 15) is 4.79 Å². The molecular formula is C7H16N2O. The molecule has 10 heavy (non-hydrogen) atoms. The Kier molecular flexibility index (Phi) is 4.94. The Bertz CT molecular complexity index is 102. The van der Waals surface area contributed by atoms with Gasteiger partial charge in [-0.25, -0.2) is 0 Å². The van der Waals surface area contributed by atoms with Gasteiger partial charge in [-0.05, 0) is 27.1 Å². The molecule has 0 aliphatic carbocycles. The maximum atomic E-state index is 10.7. The topological polar surface area (TPSA) is 32.3 Å². The highest BCUT2D eigenvalue weighted by Gasteiger charge is 1.96. The van der Waals surface area contributed by atoms with Crippen LogP contribution in [-0.2, 0) is 4.79 Å². The number of hydrogen-bond acceptors (Lipinski definition) is 2. The van der Waals surface area contributed by atoms with Gasteiger partial charge in [-0.3, -0.25) is 4.79 Å². The maximum Gasteiger partial charge on any atom is 0.219 e. The van der Waals surface area contributed by atoms with E-state index in [1.54, 1.807) is 7.05 Å². The van der Waals surface area contributed by atoms with Crippen LogP contribution in [0.5, 0.6) is 0 Å². The molecule has 0 saturated heterocycles. The quantitative estimate of drug-likeness (QED) is 0.605. The molecule has 0 saturated carbocycles. The minimum absolute atomic E-state index is 0.127. The molecule has 3 heteroatoms. The smallest absolute Gasteiger partial charge is 0.219 e. The Labute approximate surface area is 62.4 Å². The monoisotopic (exact) mass is 144 g/mol. The largest absolute Gasteiger partial charge is 0.359 e. The molecule has 0 aromatic carbocycles. The van der Waals surface area contributed by atoms with E-state index < -0.39 is 0 Å². The molecule has 0 heterocycles. The van der Waals surface area contributed by atoms with Crippen molar-refractivity contribution in [3.05, 3.63) is 0 Å². The molecule has 0 spiro atoms. The summed E-state index contributed by atoms with van der Waals surface area (Å²) in [4.78, 5) is 12.7. The van der Waals surface area contributed by atoms with Crippen LogP contribution >= 0.6 is 0 Å². The highest BCUT2D eigenvalue weighted by atomic mass is 16.1. The zero-order valence-corrected chi connectivity index (χ0v) is 6.98. The van der Waals surface area contributed by atoms with Crippen LogP contribution in [0.15, 0.2) is 0 Å². The number of carbonyl (C=O) groups is 1. The van der Waals surface area contributed by atoms with E-state index in [0.29, 0.717) is 6.42 Å². The van der Waals surface area contributed by atoms with Crippen molar-refractivity contribution in [3.8, 4) is 0 Å². The number of hydrogen-bond donors (Lipinski definition) is 1. The molecule has 0 aromatic heterocycles. The average molecular weight is 144 g/mol. The summed E-state index contributed by atoms with van der Waals surface area (Å²) in [7, 11) is 5.67. The third-order valence-corrected chi connectivity index (χ3v) is 1.29. The molecule has 1 amide bonds. The number of amides is 1. The van der Waals surface area contributed by atoms with Crippen LogP contribution in [-0.4, -0.2) is 38.5 Å². The normalized spacial score (nSPS) is 10.0. The fraction of sp³-hybridized carbons (Fsp3) is 0.857. The number of rotatable bonds is 4. The van der Waals surface area contributed by atoms with E-state index in [2.05, 4.69) is 10.2 Å². The van der Waals surface area contributed by atoms with Crippen molar-refractivity contribution in [1.29, 1.82) is 0 Å². The molecule has 0 aliphatic heterocycles. The van der Waals surface area contributed by atoms with E-state index in [1.807, 2.05) is 14.1 Å². The van der Waals surface area contributed by atoms with Crippen molar-refractivity contribution < 1.29 is 4.79 Å². The molecular weight excluding hydrogens is 128 g/mol. The van der Waals surface area contributed by atoms with Crippen molar-refractivity contribution in [3.63, 3.8) is 0 Å². The van der Waals surface area contributed by atoms with Gasteiger partial charge in [0.05, 0.1) is 0 Å². The number of nitrogens with zero attached hydrogens (tertiary/aromatic N) is 1. The first-order valence-corrected chi connectivity index (χ1v) is 3.52. The molecule has 0 unspecified atom stereocenters. The third kappa shape index (κ3) is 5.56. The Morgan fingerprint density at radius 1 is 1.50 bits per heavy atom. The van der Waals surface area contributed by atoms with E-state index in [1.165, 1.54) is 0 Å².